The average molecular weight is 194 g/mol. The number of carbonyl (C=O) groups excluding carboxylic acids is 1. The lowest BCUT2D eigenvalue weighted by molar-refractivity contribution is -0.123. The van der Waals surface area contributed by atoms with Crippen LogP contribution in [-0.2, 0) is 4.79 Å². The molecular weight excluding hydrogens is 176 g/mol. The maximum absolute atomic E-state index is 11.7. The highest BCUT2D eigenvalue weighted by molar-refractivity contribution is 5.82. The van der Waals surface area contributed by atoms with Gasteiger partial charge in [-0.15, -0.1) is 0 Å². The summed E-state index contributed by atoms with van der Waals surface area (Å²) in [5, 5.41) is 6.32. The van der Waals surface area contributed by atoms with Crippen LogP contribution in [-0.4, -0.2) is 24.5 Å². The highest BCUT2D eigenvalue weighted by atomic mass is 16.2. The monoisotopic (exact) mass is 194 g/mol. The first-order valence-corrected chi connectivity index (χ1v) is 5.55. The highest BCUT2D eigenvalue weighted by Crippen LogP contribution is 2.12. The van der Waals surface area contributed by atoms with Gasteiger partial charge in [-0.05, 0) is 38.6 Å². The molecule has 3 heteroatoms. The summed E-state index contributed by atoms with van der Waals surface area (Å²) < 4.78 is 0. The fraction of sp³-hybridized carbons (Fsp3) is 0.727. The molecule has 1 fully saturated rings. The van der Waals surface area contributed by atoms with E-state index in [1.807, 2.05) is 0 Å². The van der Waals surface area contributed by atoms with E-state index >= 15 is 0 Å². The number of nitrogens with one attached hydrogen (secondary N) is 2. The maximum Gasteiger partial charge on any atom is 0.237 e. The first-order valence-electron chi connectivity index (χ1n) is 5.55. The minimum absolute atomic E-state index is 0.0703. The van der Waals surface area contributed by atoms with E-state index in [2.05, 4.69) is 22.8 Å². The Morgan fingerprint density at radius 2 is 2.29 bits per heavy atom. The molecule has 2 atom stereocenters. The Labute approximate surface area is 84.9 Å². The van der Waals surface area contributed by atoms with Crippen LogP contribution in [0.3, 0.4) is 0 Å². The molecule has 1 amide bonds. The number of amides is 1. The Morgan fingerprint density at radius 3 is 2.93 bits per heavy atom. The van der Waals surface area contributed by atoms with Crippen LogP contribution in [0.5, 0.6) is 0 Å². The molecule has 1 aliphatic heterocycles. The van der Waals surface area contributed by atoms with Gasteiger partial charge < -0.3 is 10.6 Å². The second kappa shape index (κ2) is 4.60. The number of rotatable bonds is 2. The lowest BCUT2D eigenvalue weighted by Crippen LogP contribution is -2.45. The summed E-state index contributed by atoms with van der Waals surface area (Å²) in [6.45, 7) is 0.989. The molecule has 2 rings (SSSR count). The van der Waals surface area contributed by atoms with Gasteiger partial charge in [0.1, 0.15) is 0 Å². The quantitative estimate of drug-likeness (QED) is 0.643. The molecule has 1 saturated heterocycles. The van der Waals surface area contributed by atoms with Crippen LogP contribution in [0.25, 0.3) is 0 Å². The van der Waals surface area contributed by atoms with Crippen molar-refractivity contribution in [2.45, 2.75) is 44.2 Å². The first kappa shape index (κ1) is 9.71. The van der Waals surface area contributed by atoms with Crippen molar-refractivity contribution >= 4 is 5.91 Å². The fourth-order valence-electron chi connectivity index (χ4n) is 2.13. The van der Waals surface area contributed by atoms with Gasteiger partial charge in [-0.3, -0.25) is 4.79 Å². The molecular formula is C11H18N2O. The fourth-order valence-corrected chi connectivity index (χ4v) is 2.13. The molecule has 14 heavy (non-hydrogen) atoms. The predicted molar refractivity (Wildman–Crippen MR) is 55.9 cm³/mol. The summed E-state index contributed by atoms with van der Waals surface area (Å²) in [5.41, 5.74) is 0. The number of allylic oxidation sites excluding steroid dienone is 1. The van der Waals surface area contributed by atoms with Crippen LogP contribution in [0.4, 0.5) is 0 Å². The van der Waals surface area contributed by atoms with Crippen molar-refractivity contribution < 1.29 is 4.79 Å². The minimum atomic E-state index is 0.0703. The zero-order chi connectivity index (χ0) is 9.80. The largest absolute Gasteiger partial charge is 0.352 e. The molecule has 0 aromatic rings. The van der Waals surface area contributed by atoms with Crippen molar-refractivity contribution in [3.8, 4) is 0 Å². The lowest BCUT2D eigenvalue weighted by atomic mass is 10.0. The molecule has 0 bridgehead atoms. The second-order valence-corrected chi connectivity index (χ2v) is 4.14. The third-order valence-electron chi connectivity index (χ3n) is 2.99. The van der Waals surface area contributed by atoms with Gasteiger partial charge in [0.25, 0.3) is 0 Å². The Kier molecular flexibility index (Phi) is 3.19. The van der Waals surface area contributed by atoms with Crippen LogP contribution in [0, 0.1) is 0 Å². The standard InChI is InChI=1S/C11H18N2O/c14-11(10-7-4-8-12-10)13-9-5-2-1-3-6-9/h1-2,9-10,12H,3-8H2,(H,13,14)/t9?,10-/m0/s1. The van der Waals surface area contributed by atoms with Crippen molar-refractivity contribution in [2.75, 3.05) is 6.54 Å². The zero-order valence-corrected chi connectivity index (χ0v) is 8.46. The zero-order valence-electron chi connectivity index (χ0n) is 8.46. The van der Waals surface area contributed by atoms with Gasteiger partial charge in [0.05, 0.1) is 6.04 Å². The normalized spacial score (nSPS) is 31.7. The van der Waals surface area contributed by atoms with Crippen LogP contribution < -0.4 is 10.6 Å². The third-order valence-corrected chi connectivity index (χ3v) is 2.99. The Bertz CT molecular complexity index is 231. The van der Waals surface area contributed by atoms with E-state index in [1.165, 1.54) is 0 Å². The van der Waals surface area contributed by atoms with Gasteiger partial charge in [-0.2, -0.15) is 0 Å². The lowest BCUT2D eigenvalue weighted by Gasteiger charge is -2.21. The smallest absolute Gasteiger partial charge is 0.237 e. The van der Waals surface area contributed by atoms with E-state index in [0.717, 1.165) is 38.6 Å². The van der Waals surface area contributed by atoms with E-state index in [0.29, 0.717) is 6.04 Å². The van der Waals surface area contributed by atoms with Crippen LogP contribution in [0.15, 0.2) is 12.2 Å². The highest BCUT2D eigenvalue weighted by Gasteiger charge is 2.23. The molecule has 2 aliphatic rings. The molecule has 0 spiro atoms. The van der Waals surface area contributed by atoms with E-state index < -0.39 is 0 Å². The number of carbonyl (C=O) groups is 1. The Balaban J connectivity index is 1.78. The van der Waals surface area contributed by atoms with Gasteiger partial charge >= 0.3 is 0 Å². The van der Waals surface area contributed by atoms with Crippen molar-refractivity contribution in [1.82, 2.24) is 10.6 Å². The van der Waals surface area contributed by atoms with Gasteiger partial charge in [-0.25, -0.2) is 0 Å². The maximum atomic E-state index is 11.7. The van der Waals surface area contributed by atoms with E-state index in [1.54, 1.807) is 0 Å². The topological polar surface area (TPSA) is 41.1 Å². The van der Waals surface area contributed by atoms with Gasteiger partial charge in [0, 0.05) is 6.04 Å². The number of hydrogen-bond acceptors (Lipinski definition) is 2. The third kappa shape index (κ3) is 2.35. The van der Waals surface area contributed by atoms with E-state index in [-0.39, 0.29) is 11.9 Å². The Morgan fingerprint density at radius 1 is 1.36 bits per heavy atom. The van der Waals surface area contributed by atoms with E-state index in [4.69, 9.17) is 0 Å². The second-order valence-electron chi connectivity index (χ2n) is 4.14. The van der Waals surface area contributed by atoms with Crippen molar-refractivity contribution in [3.63, 3.8) is 0 Å². The molecule has 0 aromatic heterocycles. The van der Waals surface area contributed by atoms with Crippen molar-refractivity contribution in [1.29, 1.82) is 0 Å². The van der Waals surface area contributed by atoms with Gasteiger partial charge in [0.15, 0.2) is 0 Å². The summed E-state index contributed by atoms with van der Waals surface area (Å²) in [6.07, 6.45) is 9.67. The number of hydrogen-bond donors (Lipinski definition) is 2. The molecule has 3 nitrogen and oxygen atoms in total. The van der Waals surface area contributed by atoms with Crippen LogP contribution in [0.1, 0.15) is 32.1 Å². The summed E-state index contributed by atoms with van der Waals surface area (Å²) in [4.78, 5) is 11.7. The van der Waals surface area contributed by atoms with Crippen molar-refractivity contribution in [2.24, 2.45) is 0 Å². The van der Waals surface area contributed by atoms with Gasteiger partial charge in [-0.1, -0.05) is 12.2 Å². The van der Waals surface area contributed by atoms with Crippen LogP contribution in [0.2, 0.25) is 0 Å². The summed E-state index contributed by atoms with van der Waals surface area (Å²) in [7, 11) is 0. The van der Waals surface area contributed by atoms with Crippen molar-refractivity contribution in [3.05, 3.63) is 12.2 Å². The molecule has 1 heterocycles. The van der Waals surface area contributed by atoms with Gasteiger partial charge in [0.2, 0.25) is 5.91 Å². The summed E-state index contributed by atoms with van der Waals surface area (Å²) in [6, 6.07) is 0.441. The molecule has 0 radical (unpaired) electrons. The Hall–Kier alpha value is -0.830. The predicted octanol–water partition coefficient (Wildman–Crippen LogP) is 0.963. The molecule has 0 saturated carbocycles. The molecule has 1 unspecified atom stereocenters. The van der Waals surface area contributed by atoms with Crippen LogP contribution >= 0.6 is 0 Å². The first-order chi connectivity index (χ1) is 6.86. The minimum Gasteiger partial charge on any atom is -0.352 e. The SMILES string of the molecule is O=C(NC1CC=CCC1)[C@@H]1CCCN1. The molecule has 2 N–H and O–H groups in total. The molecule has 78 valence electrons. The molecule has 0 aromatic carbocycles. The summed E-state index contributed by atoms with van der Waals surface area (Å²) >= 11 is 0. The average Bonchev–Trinajstić information content (AvgIpc) is 2.72. The molecule has 1 aliphatic carbocycles. The van der Waals surface area contributed by atoms with E-state index in [9.17, 15) is 4.79 Å². The summed E-state index contributed by atoms with van der Waals surface area (Å²) in [5.74, 6) is 0.197.